The van der Waals surface area contributed by atoms with Gasteiger partial charge in [0, 0.05) is 16.5 Å². The van der Waals surface area contributed by atoms with Crippen LogP contribution in [0.4, 0.5) is 0 Å². The van der Waals surface area contributed by atoms with Crippen molar-refractivity contribution in [2.45, 2.75) is 6.92 Å². The van der Waals surface area contributed by atoms with Gasteiger partial charge in [-0.15, -0.1) is 0 Å². The van der Waals surface area contributed by atoms with E-state index in [1.165, 1.54) is 0 Å². The quantitative estimate of drug-likeness (QED) is 0.489. The summed E-state index contributed by atoms with van der Waals surface area (Å²) in [5.74, 6) is 0.837. The molecule has 1 aromatic heterocycles. The molecule has 1 N–H and O–H groups in total. The highest BCUT2D eigenvalue weighted by Gasteiger charge is 2.14. The molecular formula is C23H19NO2. The summed E-state index contributed by atoms with van der Waals surface area (Å²) in [5, 5.41) is 0.935. The summed E-state index contributed by atoms with van der Waals surface area (Å²) in [7, 11) is 1.66. The second-order valence-electron chi connectivity index (χ2n) is 6.34. The van der Waals surface area contributed by atoms with Crippen LogP contribution in [0.15, 0.2) is 66.7 Å². The van der Waals surface area contributed by atoms with Gasteiger partial charge >= 0.3 is 0 Å². The number of rotatable bonds is 4. The van der Waals surface area contributed by atoms with Crippen LogP contribution in [-0.4, -0.2) is 18.4 Å². The topological polar surface area (TPSA) is 42.1 Å². The van der Waals surface area contributed by atoms with E-state index in [4.69, 9.17) is 4.74 Å². The molecule has 0 unspecified atom stereocenters. The molecule has 0 aliphatic carbocycles. The van der Waals surface area contributed by atoms with Gasteiger partial charge in [-0.2, -0.15) is 0 Å². The summed E-state index contributed by atoms with van der Waals surface area (Å²) in [5.41, 5.74) is 6.71. The normalized spacial score (nSPS) is 10.8. The molecule has 3 aromatic carbocycles. The molecule has 0 aliphatic rings. The highest BCUT2D eigenvalue weighted by atomic mass is 16.5. The van der Waals surface area contributed by atoms with Crippen LogP contribution in [-0.2, 0) is 0 Å². The fourth-order valence-electron chi connectivity index (χ4n) is 3.41. The van der Waals surface area contributed by atoms with E-state index in [-0.39, 0.29) is 0 Å². The van der Waals surface area contributed by atoms with Crippen molar-refractivity contribution in [2.75, 3.05) is 7.11 Å². The summed E-state index contributed by atoms with van der Waals surface area (Å²) in [6.45, 7) is 2.00. The number of aromatic nitrogens is 1. The number of aromatic amines is 1. The fourth-order valence-corrected chi connectivity index (χ4v) is 3.41. The number of carbonyl (C=O) groups is 1. The van der Waals surface area contributed by atoms with E-state index in [9.17, 15) is 4.79 Å². The Labute approximate surface area is 152 Å². The van der Waals surface area contributed by atoms with Crippen molar-refractivity contribution in [2.24, 2.45) is 0 Å². The summed E-state index contributed by atoms with van der Waals surface area (Å²) in [6, 6.07) is 22.3. The van der Waals surface area contributed by atoms with Crippen LogP contribution < -0.4 is 4.74 Å². The van der Waals surface area contributed by atoms with Crippen LogP contribution in [0.25, 0.3) is 33.3 Å². The number of aryl methyl sites for hydroxylation is 1. The van der Waals surface area contributed by atoms with Gasteiger partial charge in [0.2, 0.25) is 0 Å². The van der Waals surface area contributed by atoms with Gasteiger partial charge in [-0.25, -0.2) is 0 Å². The summed E-state index contributed by atoms with van der Waals surface area (Å²) < 4.78 is 5.34. The molecular weight excluding hydrogens is 322 g/mol. The predicted octanol–water partition coefficient (Wildman–Crippen LogP) is 5.63. The fraction of sp³-hybridized carbons (Fsp3) is 0.0870. The maximum Gasteiger partial charge on any atom is 0.152 e. The Balaban J connectivity index is 1.89. The number of aldehydes is 1. The molecule has 3 heteroatoms. The van der Waals surface area contributed by atoms with Gasteiger partial charge in [-0.1, -0.05) is 36.4 Å². The first-order chi connectivity index (χ1) is 12.7. The van der Waals surface area contributed by atoms with Gasteiger partial charge in [0.15, 0.2) is 6.29 Å². The maximum atomic E-state index is 11.9. The lowest BCUT2D eigenvalue weighted by molar-refractivity contribution is 0.112. The number of benzene rings is 3. The lowest BCUT2D eigenvalue weighted by atomic mass is 10.0. The minimum atomic E-state index is 0.683. The molecule has 0 bridgehead atoms. The molecule has 128 valence electrons. The number of ether oxygens (including phenoxy) is 1. The first kappa shape index (κ1) is 16.2. The molecule has 0 atom stereocenters. The Morgan fingerprint density at radius 2 is 1.65 bits per heavy atom. The van der Waals surface area contributed by atoms with E-state index in [0.717, 1.165) is 50.9 Å². The Kier molecular flexibility index (Phi) is 4.05. The second-order valence-corrected chi connectivity index (χ2v) is 6.34. The molecule has 0 amide bonds. The molecule has 0 fully saturated rings. The smallest absolute Gasteiger partial charge is 0.152 e. The number of methoxy groups -OCH3 is 1. The van der Waals surface area contributed by atoms with Crippen LogP contribution in [0.3, 0.4) is 0 Å². The number of nitrogens with one attached hydrogen (secondary N) is 1. The van der Waals surface area contributed by atoms with Crippen molar-refractivity contribution >= 4 is 17.2 Å². The highest BCUT2D eigenvalue weighted by Crippen LogP contribution is 2.34. The molecule has 0 radical (unpaired) electrons. The van der Waals surface area contributed by atoms with E-state index >= 15 is 0 Å². The van der Waals surface area contributed by atoms with Crippen molar-refractivity contribution in [3.8, 4) is 28.1 Å². The Bertz CT molecular complexity index is 1090. The predicted molar refractivity (Wildman–Crippen MR) is 106 cm³/mol. The standard InChI is InChI=1S/C23H19NO2/c1-15-12-18(9-11-22(15)26-2)23-20(14-25)19-13-17(8-10-21(19)24-23)16-6-4-3-5-7-16/h3-14,24H,1-2H3. The second kappa shape index (κ2) is 6.52. The Morgan fingerprint density at radius 3 is 2.35 bits per heavy atom. The zero-order chi connectivity index (χ0) is 18.1. The Morgan fingerprint density at radius 1 is 0.885 bits per heavy atom. The minimum absolute atomic E-state index is 0.683. The number of hydrogen-bond donors (Lipinski definition) is 1. The van der Waals surface area contributed by atoms with Crippen LogP contribution in [0.1, 0.15) is 15.9 Å². The van der Waals surface area contributed by atoms with Gasteiger partial charge < -0.3 is 9.72 Å². The molecule has 0 spiro atoms. The lowest BCUT2D eigenvalue weighted by Crippen LogP contribution is -1.89. The summed E-state index contributed by atoms with van der Waals surface area (Å²) in [6.07, 6.45) is 0.933. The SMILES string of the molecule is COc1ccc(-c2[nH]c3ccc(-c4ccccc4)cc3c2C=O)cc1C. The average Bonchev–Trinajstić information content (AvgIpc) is 3.06. The van der Waals surface area contributed by atoms with E-state index in [1.807, 2.05) is 49.4 Å². The molecule has 1 heterocycles. The molecule has 0 saturated heterocycles. The third-order valence-electron chi connectivity index (χ3n) is 4.75. The average molecular weight is 341 g/mol. The Hall–Kier alpha value is -3.33. The maximum absolute atomic E-state index is 11.9. The van der Waals surface area contributed by atoms with Gasteiger partial charge in [0.05, 0.1) is 12.8 Å². The van der Waals surface area contributed by atoms with Crippen LogP contribution in [0.5, 0.6) is 5.75 Å². The van der Waals surface area contributed by atoms with Crippen LogP contribution in [0.2, 0.25) is 0 Å². The van der Waals surface area contributed by atoms with Crippen molar-refractivity contribution in [1.82, 2.24) is 4.98 Å². The van der Waals surface area contributed by atoms with Gasteiger partial charge in [-0.3, -0.25) is 4.79 Å². The minimum Gasteiger partial charge on any atom is -0.496 e. The van der Waals surface area contributed by atoms with Gasteiger partial charge in [0.1, 0.15) is 5.75 Å². The molecule has 3 nitrogen and oxygen atoms in total. The van der Waals surface area contributed by atoms with Gasteiger partial charge in [-0.05, 0) is 59.5 Å². The number of carbonyl (C=O) groups excluding carboxylic acids is 1. The monoisotopic (exact) mass is 341 g/mol. The zero-order valence-corrected chi connectivity index (χ0v) is 14.7. The van der Waals surface area contributed by atoms with Crippen molar-refractivity contribution < 1.29 is 9.53 Å². The molecule has 0 aliphatic heterocycles. The first-order valence-corrected chi connectivity index (χ1v) is 8.52. The number of hydrogen-bond acceptors (Lipinski definition) is 2. The molecule has 4 aromatic rings. The van der Waals surface area contributed by atoms with Crippen molar-refractivity contribution in [1.29, 1.82) is 0 Å². The van der Waals surface area contributed by atoms with E-state index < -0.39 is 0 Å². The van der Waals surface area contributed by atoms with E-state index in [2.05, 4.69) is 29.2 Å². The molecule has 0 saturated carbocycles. The molecule has 4 rings (SSSR count). The van der Waals surface area contributed by atoms with E-state index in [1.54, 1.807) is 7.11 Å². The number of fused-ring (bicyclic) bond motifs is 1. The summed E-state index contributed by atoms with van der Waals surface area (Å²) >= 11 is 0. The highest BCUT2D eigenvalue weighted by molar-refractivity contribution is 6.05. The van der Waals surface area contributed by atoms with Crippen molar-refractivity contribution in [3.63, 3.8) is 0 Å². The van der Waals surface area contributed by atoms with E-state index in [0.29, 0.717) is 5.56 Å². The van der Waals surface area contributed by atoms with Crippen molar-refractivity contribution in [3.05, 3.63) is 77.9 Å². The first-order valence-electron chi connectivity index (χ1n) is 8.52. The third kappa shape index (κ3) is 2.68. The number of H-pyrrole nitrogens is 1. The van der Waals surface area contributed by atoms with Crippen LogP contribution >= 0.6 is 0 Å². The third-order valence-corrected chi connectivity index (χ3v) is 4.75. The lowest BCUT2D eigenvalue weighted by Gasteiger charge is -2.07. The van der Waals surface area contributed by atoms with Crippen LogP contribution in [0, 0.1) is 6.92 Å². The van der Waals surface area contributed by atoms with Gasteiger partial charge in [0.25, 0.3) is 0 Å². The molecule has 26 heavy (non-hydrogen) atoms. The largest absolute Gasteiger partial charge is 0.496 e. The summed E-state index contributed by atoms with van der Waals surface area (Å²) in [4.78, 5) is 15.3. The zero-order valence-electron chi connectivity index (χ0n) is 14.7.